The van der Waals surface area contributed by atoms with Gasteiger partial charge in [-0.15, -0.1) is 0 Å². The zero-order chi connectivity index (χ0) is 25.9. The van der Waals surface area contributed by atoms with E-state index in [0.717, 1.165) is 18.4 Å². The van der Waals surface area contributed by atoms with Gasteiger partial charge < -0.3 is 24.4 Å². The predicted octanol–water partition coefficient (Wildman–Crippen LogP) is 4.11. The number of carbonyl (C=O) groups excluding carboxylic acids is 2. The number of allylic oxidation sites excluding steroid dienone is 1. The summed E-state index contributed by atoms with van der Waals surface area (Å²) in [4.78, 5) is 24.8. The Labute approximate surface area is 209 Å². The minimum atomic E-state index is -1.20. The van der Waals surface area contributed by atoms with E-state index in [-0.39, 0.29) is 42.2 Å². The van der Waals surface area contributed by atoms with Crippen LogP contribution in [-0.4, -0.2) is 58.8 Å². The lowest BCUT2D eigenvalue weighted by Gasteiger charge is -2.44. The molecule has 0 spiro atoms. The average Bonchev–Trinajstić information content (AvgIpc) is 3.22. The van der Waals surface area contributed by atoms with Gasteiger partial charge in [0.2, 0.25) is 0 Å². The van der Waals surface area contributed by atoms with Gasteiger partial charge in [0, 0.05) is 18.3 Å². The Balaban J connectivity index is 1.96. The smallest absolute Gasteiger partial charge is 0.335 e. The van der Waals surface area contributed by atoms with Crippen molar-refractivity contribution in [2.24, 2.45) is 23.7 Å². The summed E-state index contributed by atoms with van der Waals surface area (Å²) in [6.45, 7) is 14.3. The van der Waals surface area contributed by atoms with Gasteiger partial charge in [0.25, 0.3) is 0 Å². The Morgan fingerprint density at radius 2 is 2.06 bits per heavy atom. The van der Waals surface area contributed by atoms with E-state index in [0.29, 0.717) is 32.3 Å². The van der Waals surface area contributed by atoms with Gasteiger partial charge in [-0.05, 0) is 69.8 Å². The van der Waals surface area contributed by atoms with E-state index < -0.39 is 29.9 Å². The molecule has 0 saturated carbocycles. The van der Waals surface area contributed by atoms with Crippen molar-refractivity contribution < 1.29 is 34.0 Å². The lowest BCUT2D eigenvalue weighted by Crippen LogP contribution is -2.52. The highest BCUT2D eigenvalue weighted by Gasteiger charge is 2.58. The molecule has 2 heterocycles. The van der Waals surface area contributed by atoms with Gasteiger partial charge in [0.05, 0.1) is 18.8 Å². The molecule has 7 nitrogen and oxygen atoms in total. The second-order valence-electron chi connectivity index (χ2n) is 11.0. The molecule has 0 radical (unpaired) electrons. The van der Waals surface area contributed by atoms with Gasteiger partial charge in [-0.1, -0.05) is 39.0 Å². The Bertz CT molecular complexity index is 820. The van der Waals surface area contributed by atoms with Crippen molar-refractivity contribution in [1.82, 2.24) is 0 Å². The van der Waals surface area contributed by atoms with Crippen LogP contribution in [0.3, 0.4) is 0 Å². The first kappa shape index (κ1) is 27.9. The van der Waals surface area contributed by atoms with E-state index in [1.807, 2.05) is 13.8 Å². The van der Waals surface area contributed by atoms with Crippen LogP contribution in [0.15, 0.2) is 23.8 Å². The molecule has 2 saturated heterocycles. The molecule has 1 aliphatic carbocycles. The molecular weight excluding hydrogens is 448 g/mol. The van der Waals surface area contributed by atoms with E-state index in [4.69, 9.17) is 14.2 Å². The summed E-state index contributed by atoms with van der Waals surface area (Å²) in [6.07, 6.45) is 3.35. The Hall–Kier alpha value is -1.70. The molecule has 2 bridgehead atoms. The van der Waals surface area contributed by atoms with Crippen LogP contribution in [-0.2, 0) is 23.8 Å². The number of hydrogen-bond acceptors (Lipinski definition) is 7. The van der Waals surface area contributed by atoms with Crippen LogP contribution >= 0.6 is 0 Å². The minimum absolute atomic E-state index is 0.0458. The number of aliphatic hydroxyl groups is 2. The van der Waals surface area contributed by atoms with Crippen LogP contribution in [0.2, 0.25) is 0 Å². The van der Waals surface area contributed by atoms with Gasteiger partial charge in [-0.25, -0.2) is 4.79 Å². The molecular formula is C28H44O7. The quantitative estimate of drug-likeness (QED) is 0.388. The van der Waals surface area contributed by atoms with E-state index >= 15 is 0 Å². The molecule has 35 heavy (non-hydrogen) atoms. The third-order valence-electron chi connectivity index (χ3n) is 8.35. The maximum absolute atomic E-state index is 12.8. The molecule has 0 aromatic carbocycles. The Kier molecular flexibility index (Phi) is 9.22. The number of aliphatic hydroxyl groups excluding tert-OH is 2. The number of carbonyl (C=O) groups is 2. The number of esters is 2. The van der Waals surface area contributed by atoms with Crippen LogP contribution in [0.25, 0.3) is 0 Å². The van der Waals surface area contributed by atoms with Crippen LogP contribution < -0.4 is 0 Å². The zero-order valence-electron chi connectivity index (χ0n) is 22.0. The third kappa shape index (κ3) is 6.00. The summed E-state index contributed by atoms with van der Waals surface area (Å²) in [7, 11) is 0. The standard InChI is InChI=1S/C28H44O7/c1-7-9-23(31)33-15-18(5)19-11-10-16(3)24-22-14-17(4)21(30)12-13-28(6,26(34-22)25(19)24)35-27(32)20(29)8-2/h10,18-22,24-26,29-30H,4,7-9,11-15H2,1-3,5-6H3. The Morgan fingerprint density at radius 3 is 2.71 bits per heavy atom. The van der Waals surface area contributed by atoms with Gasteiger partial charge in [0.15, 0.2) is 6.10 Å². The van der Waals surface area contributed by atoms with Gasteiger partial charge in [-0.3, -0.25) is 4.79 Å². The lowest BCUT2D eigenvalue weighted by atomic mass is 9.62. The highest BCUT2D eigenvalue weighted by molar-refractivity contribution is 5.74. The summed E-state index contributed by atoms with van der Waals surface area (Å²) in [6, 6.07) is 0. The first-order chi connectivity index (χ1) is 16.5. The maximum atomic E-state index is 12.8. The van der Waals surface area contributed by atoms with Gasteiger partial charge in [0.1, 0.15) is 11.7 Å². The van der Waals surface area contributed by atoms with Gasteiger partial charge in [-0.2, -0.15) is 0 Å². The molecule has 2 N–H and O–H groups in total. The molecule has 0 amide bonds. The van der Waals surface area contributed by atoms with Crippen LogP contribution in [0.4, 0.5) is 0 Å². The fourth-order valence-electron chi connectivity index (χ4n) is 6.20. The fraction of sp³-hybridized carbons (Fsp3) is 0.786. The molecule has 3 rings (SSSR count). The van der Waals surface area contributed by atoms with Crippen molar-refractivity contribution in [3.8, 4) is 0 Å². The number of rotatable bonds is 8. The second-order valence-corrected chi connectivity index (χ2v) is 11.0. The zero-order valence-corrected chi connectivity index (χ0v) is 22.0. The van der Waals surface area contributed by atoms with Crippen molar-refractivity contribution >= 4 is 11.9 Å². The SMILES string of the molecule is C=C1CC2OC(C3C(C(C)COC(=O)CCC)CC=C(C)C23)C(C)(OC(=O)C(O)CC)CCC1O. The normalized spacial score (nSPS) is 36.7. The van der Waals surface area contributed by atoms with E-state index in [1.165, 1.54) is 5.57 Å². The summed E-state index contributed by atoms with van der Waals surface area (Å²) in [5.74, 6) is -0.446. The molecule has 3 aliphatic rings. The van der Waals surface area contributed by atoms with Crippen LogP contribution in [0.5, 0.6) is 0 Å². The fourth-order valence-corrected chi connectivity index (χ4v) is 6.20. The van der Waals surface area contributed by atoms with E-state index in [9.17, 15) is 19.8 Å². The topological polar surface area (TPSA) is 102 Å². The molecule has 0 aromatic rings. The van der Waals surface area contributed by atoms with Crippen LogP contribution in [0.1, 0.15) is 79.6 Å². The molecule has 9 atom stereocenters. The van der Waals surface area contributed by atoms with Crippen molar-refractivity contribution in [3.05, 3.63) is 23.8 Å². The highest BCUT2D eigenvalue weighted by Crippen LogP contribution is 2.54. The largest absolute Gasteiger partial charge is 0.465 e. The highest BCUT2D eigenvalue weighted by atomic mass is 16.6. The number of hydrogen-bond donors (Lipinski definition) is 2. The molecule has 2 fully saturated rings. The molecule has 9 unspecified atom stereocenters. The third-order valence-corrected chi connectivity index (χ3v) is 8.35. The molecule has 7 heteroatoms. The van der Waals surface area contributed by atoms with Gasteiger partial charge >= 0.3 is 11.9 Å². The second kappa shape index (κ2) is 11.6. The monoisotopic (exact) mass is 492 g/mol. The summed E-state index contributed by atoms with van der Waals surface area (Å²) in [5.41, 5.74) is 0.944. The van der Waals surface area contributed by atoms with Crippen molar-refractivity contribution in [3.63, 3.8) is 0 Å². The van der Waals surface area contributed by atoms with E-state index in [2.05, 4.69) is 26.5 Å². The molecule has 0 aromatic heterocycles. The summed E-state index contributed by atoms with van der Waals surface area (Å²) < 4.78 is 18.3. The number of fused-ring (bicyclic) bond motifs is 5. The molecule has 2 aliphatic heterocycles. The lowest BCUT2D eigenvalue weighted by molar-refractivity contribution is -0.190. The maximum Gasteiger partial charge on any atom is 0.335 e. The van der Waals surface area contributed by atoms with E-state index in [1.54, 1.807) is 6.92 Å². The predicted molar refractivity (Wildman–Crippen MR) is 132 cm³/mol. The Morgan fingerprint density at radius 1 is 1.34 bits per heavy atom. The average molecular weight is 493 g/mol. The van der Waals surface area contributed by atoms with Crippen molar-refractivity contribution in [1.29, 1.82) is 0 Å². The molecule has 198 valence electrons. The number of ether oxygens (including phenoxy) is 3. The first-order valence-electron chi connectivity index (χ1n) is 13.3. The van der Waals surface area contributed by atoms with Crippen molar-refractivity contribution in [2.75, 3.05) is 6.61 Å². The van der Waals surface area contributed by atoms with Crippen LogP contribution in [0, 0.1) is 23.7 Å². The first-order valence-corrected chi connectivity index (χ1v) is 13.3. The summed E-state index contributed by atoms with van der Waals surface area (Å²) >= 11 is 0. The summed E-state index contributed by atoms with van der Waals surface area (Å²) in [5, 5.41) is 20.9. The minimum Gasteiger partial charge on any atom is -0.465 e. The van der Waals surface area contributed by atoms with Crippen molar-refractivity contribution in [2.45, 2.75) is 110 Å².